The van der Waals surface area contributed by atoms with Crippen LogP contribution in [0.3, 0.4) is 0 Å². The summed E-state index contributed by atoms with van der Waals surface area (Å²) < 4.78 is 59.1. The molecule has 14 heteroatoms. The van der Waals surface area contributed by atoms with Crippen LogP contribution in [-0.2, 0) is 11.3 Å². The third-order valence-electron chi connectivity index (χ3n) is 8.09. The highest BCUT2D eigenvalue weighted by Gasteiger charge is 2.35. The molecule has 3 aromatic rings. The minimum atomic E-state index is -4.84. The number of hydrogen-bond donors (Lipinski definition) is 2. The molecular weight excluding hydrogens is 608 g/mol. The molecule has 9 nitrogen and oxygen atoms in total. The summed E-state index contributed by atoms with van der Waals surface area (Å²) in [7, 11) is 0. The number of carboxylic acids is 1. The van der Waals surface area contributed by atoms with Gasteiger partial charge in [0.1, 0.15) is 17.1 Å². The maximum atomic E-state index is 15.8. The van der Waals surface area contributed by atoms with E-state index in [2.05, 4.69) is 10.1 Å². The van der Waals surface area contributed by atoms with Crippen LogP contribution < -0.4 is 20.4 Å². The van der Waals surface area contributed by atoms with Crippen LogP contribution in [0.1, 0.15) is 54.2 Å². The number of anilines is 1. The number of amides is 1. The van der Waals surface area contributed by atoms with Gasteiger partial charge in [0, 0.05) is 44.0 Å². The molecule has 2 aliphatic rings. The molecule has 2 N–H and O–H groups in total. The van der Waals surface area contributed by atoms with Crippen LogP contribution in [0.2, 0.25) is 5.02 Å². The van der Waals surface area contributed by atoms with E-state index in [1.54, 1.807) is 16.4 Å². The number of nitrogens with one attached hydrogen (secondary N) is 1. The van der Waals surface area contributed by atoms with E-state index < -0.39 is 35.2 Å². The molecule has 1 aliphatic carbocycles. The largest absolute Gasteiger partial charge is 0.573 e. The van der Waals surface area contributed by atoms with Gasteiger partial charge in [-0.05, 0) is 62.9 Å². The number of aliphatic carboxylic acids is 1. The first kappa shape index (κ1) is 31.6. The zero-order valence-corrected chi connectivity index (χ0v) is 24.9. The average Bonchev–Trinajstić information content (AvgIpc) is 3.75. The number of fused-ring (bicyclic) bond motifs is 1. The zero-order valence-electron chi connectivity index (χ0n) is 24.2. The first-order chi connectivity index (χ1) is 20.6. The normalized spacial score (nSPS) is 19.3. The molecule has 236 valence electrons. The minimum absolute atomic E-state index is 0.0406. The van der Waals surface area contributed by atoms with E-state index in [0.717, 1.165) is 25.0 Å². The van der Waals surface area contributed by atoms with E-state index in [4.69, 9.17) is 11.6 Å². The number of carbonyl (C=O) groups is 2. The van der Waals surface area contributed by atoms with Crippen LogP contribution in [0.15, 0.2) is 35.3 Å². The lowest BCUT2D eigenvalue weighted by Gasteiger charge is -2.45. The number of carboxylic acid groups (broad SMARTS) is 1. The fourth-order valence-electron chi connectivity index (χ4n) is 5.87. The first-order valence-corrected chi connectivity index (χ1v) is 14.4. The smallest absolute Gasteiger partial charge is 0.480 e. The van der Waals surface area contributed by atoms with Crippen molar-refractivity contribution in [2.45, 2.75) is 64.6 Å². The maximum absolute atomic E-state index is 15.8. The summed E-state index contributed by atoms with van der Waals surface area (Å²) in [5.74, 6) is -2.80. The lowest BCUT2D eigenvalue weighted by molar-refractivity contribution is -0.274. The van der Waals surface area contributed by atoms with Crippen LogP contribution in [-0.4, -0.2) is 64.5 Å². The highest BCUT2D eigenvalue weighted by molar-refractivity contribution is 6.38. The molecule has 44 heavy (non-hydrogen) atoms. The molecule has 0 unspecified atom stereocenters. The molecule has 5 rings (SSSR count). The van der Waals surface area contributed by atoms with Crippen molar-refractivity contribution in [1.29, 1.82) is 0 Å². The molecule has 1 amide bonds. The Labute approximate surface area is 254 Å². The van der Waals surface area contributed by atoms with E-state index in [1.807, 2.05) is 18.7 Å². The molecule has 0 spiro atoms. The Balaban J connectivity index is 1.45. The SMILES string of the molecule is Cc1cc(OC(F)(F)F)ccc1CNC(=O)c1cn(C2CC2)c2c(Cl)c(N3C[C@@H](C)N(CC(=O)O)[C@@H](C)C3)c(F)cc2c1=O. The number of pyridine rings is 1. The monoisotopic (exact) mass is 638 g/mol. The van der Waals surface area contributed by atoms with E-state index >= 15 is 4.39 Å². The molecule has 2 fully saturated rings. The predicted molar refractivity (Wildman–Crippen MR) is 156 cm³/mol. The van der Waals surface area contributed by atoms with Gasteiger partial charge in [-0.15, -0.1) is 13.2 Å². The number of rotatable bonds is 8. The predicted octanol–water partition coefficient (Wildman–Crippen LogP) is 5.25. The Kier molecular flexibility index (Phi) is 8.56. The van der Waals surface area contributed by atoms with Gasteiger partial charge in [-0.25, -0.2) is 4.39 Å². The van der Waals surface area contributed by atoms with Crippen molar-refractivity contribution in [3.05, 3.63) is 68.2 Å². The summed E-state index contributed by atoms with van der Waals surface area (Å²) >= 11 is 6.86. The second-order valence-electron chi connectivity index (χ2n) is 11.4. The third-order valence-corrected chi connectivity index (χ3v) is 8.45. The molecule has 1 aliphatic heterocycles. The molecule has 1 saturated heterocycles. The van der Waals surface area contributed by atoms with Gasteiger partial charge in [-0.3, -0.25) is 19.3 Å². The van der Waals surface area contributed by atoms with Gasteiger partial charge in [0.05, 0.1) is 28.2 Å². The minimum Gasteiger partial charge on any atom is -0.480 e. The number of piperazine rings is 1. The number of hydrogen-bond acceptors (Lipinski definition) is 6. The van der Waals surface area contributed by atoms with Gasteiger partial charge in [0.2, 0.25) is 5.43 Å². The van der Waals surface area contributed by atoms with Crippen LogP contribution in [0.5, 0.6) is 5.75 Å². The van der Waals surface area contributed by atoms with Crippen LogP contribution >= 0.6 is 11.6 Å². The zero-order chi connectivity index (χ0) is 32.1. The molecule has 2 aromatic carbocycles. The Morgan fingerprint density at radius 1 is 1.14 bits per heavy atom. The van der Waals surface area contributed by atoms with Crippen molar-refractivity contribution in [1.82, 2.24) is 14.8 Å². The van der Waals surface area contributed by atoms with Gasteiger partial charge < -0.3 is 24.6 Å². The topological polar surface area (TPSA) is 104 Å². The van der Waals surface area contributed by atoms with Gasteiger partial charge in [-0.1, -0.05) is 17.7 Å². The maximum Gasteiger partial charge on any atom is 0.573 e. The van der Waals surface area contributed by atoms with E-state index in [9.17, 15) is 32.7 Å². The molecule has 1 aromatic heterocycles. The van der Waals surface area contributed by atoms with E-state index in [1.165, 1.54) is 18.3 Å². The number of aromatic nitrogens is 1. The summed E-state index contributed by atoms with van der Waals surface area (Å²) in [5, 5.41) is 11.9. The summed E-state index contributed by atoms with van der Waals surface area (Å²) in [6.45, 7) is 5.69. The lowest BCUT2D eigenvalue weighted by atomic mass is 10.0. The summed E-state index contributed by atoms with van der Waals surface area (Å²) in [6, 6.07) is 4.34. The summed E-state index contributed by atoms with van der Waals surface area (Å²) in [6.07, 6.45) is -1.86. The molecule has 0 bridgehead atoms. The van der Waals surface area contributed by atoms with Crippen molar-refractivity contribution >= 4 is 40.1 Å². The van der Waals surface area contributed by atoms with Crippen LogP contribution in [0, 0.1) is 12.7 Å². The molecule has 2 atom stereocenters. The highest BCUT2D eigenvalue weighted by atomic mass is 35.5. The number of aryl methyl sites for hydroxylation is 1. The third kappa shape index (κ3) is 6.48. The Morgan fingerprint density at radius 2 is 1.80 bits per heavy atom. The highest BCUT2D eigenvalue weighted by Crippen LogP contribution is 2.42. The number of ether oxygens (including phenoxy) is 1. The fourth-order valence-corrected chi connectivity index (χ4v) is 6.27. The van der Waals surface area contributed by atoms with Crippen LogP contribution in [0.4, 0.5) is 23.2 Å². The average molecular weight is 639 g/mol. The second kappa shape index (κ2) is 11.9. The fraction of sp³-hybridized carbons (Fsp3) is 0.433. The standard InChI is InChI=1S/C30H31ClF4N4O5/c1-15-8-20(44-30(33,34)35)7-4-18(15)10-36-29(43)22-13-39(19-5-6-19)26-21(28(22)42)9-23(32)27(25(26)31)37-11-16(2)38(14-24(40)41)17(3)12-37/h4,7-9,13,16-17,19H,5-6,10-12,14H2,1-3H3,(H,36,43)(H,40,41)/t16-,17+. The van der Waals surface area contributed by atoms with Crippen molar-refractivity contribution in [2.75, 3.05) is 24.5 Å². The number of benzene rings is 2. The second-order valence-corrected chi connectivity index (χ2v) is 11.8. The summed E-state index contributed by atoms with van der Waals surface area (Å²) in [4.78, 5) is 41.7. The molecule has 1 saturated carbocycles. The van der Waals surface area contributed by atoms with Crippen molar-refractivity contribution in [3.8, 4) is 5.75 Å². The Bertz CT molecular complexity index is 1680. The number of nitrogens with zero attached hydrogens (tertiary/aromatic N) is 3. The number of alkyl halides is 3. The molecular formula is C30H31ClF4N4O5. The van der Waals surface area contributed by atoms with Gasteiger partial charge in [0.25, 0.3) is 5.91 Å². The van der Waals surface area contributed by atoms with Crippen molar-refractivity contribution < 1.29 is 37.0 Å². The van der Waals surface area contributed by atoms with E-state index in [-0.39, 0.29) is 52.9 Å². The number of carbonyl (C=O) groups excluding carboxylic acids is 1. The summed E-state index contributed by atoms with van der Waals surface area (Å²) in [5.41, 5.74) is 0.465. The van der Waals surface area contributed by atoms with Crippen molar-refractivity contribution in [2.24, 2.45) is 0 Å². The number of halogens is 5. The molecule has 2 heterocycles. The first-order valence-electron chi connectivity index (χ1n) is 14.1. The van der Waals surface area contributed by atoms with Gasteiger partial charge in [-0.2, -0.15) is 0 Å². The molecule has 0 radical (unpaired) electrons. The Hall–Kier alpha value is -3.84. The quantitative estimate of drug-likeness (QED) is 0.325. The van der Waals surface area contributed by atoms with Gasteiger partial charge in [0.15, 0.2) is 0 Å². The Morgan fingerprint density at radius 3 is 2.36 bits per heavy atom. The van der Waals surface area contributed by atoms with Crippen molar-refractivity contribution in [3.63, 3.8) is 0 Å². The lowest BCUT2D eigenvalue weighted by Crippen LogP contribution is -2.58. The van der Waals surface area contributed by atoms with E-state index in [0.29, 0.717) is 29.7 Å². The van der Waals surface area contributed by atoms with Crippen LogP contribution in [0.25, 0.3) is 10.9 Å². The van der Waals surface area contributed by atoms with Gasteiger partial charge >= 0.3 is 12.3 Å².